The molecule has 0 heterocycles. The van der Waals surface area contributed by atoms with Gasteiger partial charge in [0.1, 0.15) is 0 Å². The van der Waals surface area contributed by atoms with E-state index in [-0.39, 0.29) is 0 Å². The van der Waals surface area contributed by atoms with E-state index in [0.29, 0.717) is 13.2 Å². The van der Waals surface area contributed by atoms with Crippen LogP contribution in [0.15, 0.2) is 30.9 Å². The first-order valence-electron chi connectivity index (χ1n) is 6.46. The Morgan fingerprint density at radius 1 is 1.33 bits per heavy atom. The molecule has 18 heavy (non-hydrogen) atoms. The van der Waals surface area contributed by atoms with Crippen molar-refractivity contribution in [2.24, 2.45) is 0 Å². The number of benzene rings is 1. The molecule has 0 spiro atoms. The van der Waals surface area contributed by atoms with Gasteiger partial charge in [-0.3, -0.25) is 0 Å². The smallest absolute Gasteiger partial charge is 0.165 e. The first kappa shape index (κ1) is 14.6. The summed E-state index contributed by atoms with van der Waals surface area (Å²) in [6.45, 7) is 7.80. The molecule has 0 aliphatic rings. The van der Waals surface area contributed by atoms with E-state index < -0.39 is 0 Å². The van der Waals surface area contributed by atoms with Gasteiger partial charge in [-0.25, -0.2) is 0 Å². The van der Waals surface area contributed by atoms with Gasteiger partial charge in [-0.1, -0.05) is 18.2 Å². The predicted molar refractivity (Wildman–Crippen MR) is 75.3 cm³/mol. The summed E-state index contributed by atoms with van der Waals surface area (Å²) < 4.78 is 11.5. The maximum atomic E-state index is 5.86. The first-order chi connectivity index (χ1) is 8.83. The highest BCUT2D eigenvalue weighted by Gasteiger charge is 2.10. The van der Waals surface area contributed by atoms with Crippen molar-refractivity contribution in [2.75, 3.05) is 20.3 Å². The van der Waals surface area contributed by atoms with Crippen LogP contribution in [-0.2, 0) is 6.54 Å². The third-order valence-electron chi connectivity index (χ3n) is 2.53. The molecule has 0 unspecified atom stereocenters. The zero-order valence-electron chi connectivity index (χ0n) is 11.4. The third kappa shape index (κ3) is 4.41. The molecule has 3 nitrogen and oxygen atoms in total. The number of nitrogens with one attached hydrogen (secondary N) is 1. The van der Waals surface area contributed by atoms with Crippen LogP contribution in [0.1, 0.15) is 25.3 Å². The number of hydrogen-bond donors (Lipinski definition) is 1. The second-order valence-electron chi connectivity index (χ2n) is 3.99. The molecule has 1 N–H and O–H groups in total. The lowest BCUT2D eigenvalue weighted by Crippen LogP contribution is -2.09. The molecule has 1 aromatic carbocycles. The SMILES string of the molecule is C=CCCCOc1c(CNC)cccc1OCC. The van der Waals surface area contributed by atoms with Crippen molar-refractivity contribution < 1.29 is 9.47 Å². The van der Waals surface area contributed by atoms with Crippen LogP contribution in [0.5, 0.6) is 11.5 Å². The number of rotatable bonds is 9. The molecule has 1 rings (SSSR count). The minimum absolute atomic E-state index is 0.645. The summed E-state index contributed by atoms with van der Waals surface area (Å²) in [7, 11) is 1.93. The standard InChI is InChI=1S/C15H23NO2/c1-4-6-7-11-18-15-13(12-16-3)9-8-10-14(15)17-5-2/h4,8-10,16H,1,5-7,11-12H2,2-3H3. The Kier molecular flexibility index (Phi) is 6.96. The van der Waals surface area contributed by atoms with Crippen LogP contribution in [0.3, 0.4) is 0 Å². The second-order valence-corrected chi connectivity index (χ2v) is 3.99. The first-order valence-corrected chi connectivity index (χ1v) is 6.46. The quantitative estimate of drug-likeness (QED) is 0.538. The average Bonchev–Trinajstić information content (AvgIpc) is 2.38. The summed E-state index contributed by atoms with van der Waals surface area (Å²) in [4.78, 5) is 0. The minimum Gasteiger partial charge on any atom is -0.490 e. The van der Waals surface area contributed by atoms with E-state index in [1.165, 1.54) is 0 Å². The van der Waals surface area contributed by atoms with Crippen molar-refractivity contribution >= 4 is 0 Å². The largest absolute Gasteiger partial charge is 0.490 e. The van der Waals surface area contributed by atoms with Crippen molar-refractivity contribution in [2.45, 2.75) is 26.3 Å². The molecular weight excluding hydrogens is 226 g/mol. The lowest BCUT2D eigenvalue weighted by molar-refractivity contribution is 0.271. The molecule has 3 heteroatoms. The van der Waals surface area contributed by atoms with E-state index >= 15 is 0 Å². The highest BCUT2D eigenvalue weighted by atomic mass is 16.5. The van der Waals surface area contributed by atoms with Crippen LogP contribution in [0, 0.1) is 0 Å². The van der Waals surface area contributed by atoms with Crippen molar-refractivity contribution in [3.63, 3.8) is 0 Å². The van der Waals surface area contributed by atoms with Crippen molar-refractivity contribution in [1.82, 2.24) is 5.32 Å². The molecule has 0 saturated carbocycles. The van der Waals surface area contributed by atoms with Gasteiger partial charge in [0.05, 0.1) is 13.2 Å². The van der Waals surface area contributed by atoms with E-state index in [4.69, 9.17) is 9.47 Å². The molecule has 0 aliphatic carbocycles. The number of unbranched alkanes of at least 4 members (excludes halogenated alkanes) is 1. The van der Waals surface area contributed by atoms with E-state index in [1.807, 2.05) is 32.2 Å². The normalized spacial score (nSPS) is 10.1. The van der Waals surface area contributed by atoms with Crippen molar-refractivity contribution in [1.29, 1.82) is 0 Å². The number of ether oxygens (including phenoxy) is 2. The van der Waals surface area contributed by atoms with Gasteiger partial charge < -0.3 is 14.8 Å². The Morgan fingerprint density at radius 2 is 2.17 bits per heavy atom. The predicted octanol–water partition coefficient (Wildman–Crippen LogP) is 3.15. The van der Waals surface area contributed by atoms with Crippen LogP contribution in [-0.4, -0.2) is 20.3 Å². The van der Waals surface area contributed by atoms with Gasteiger partial charge in [0, 0.05) is 12.1 Å². The molecule has 0 aliphatic heterocycles. The van der Waals surface area contributed by atoms with E-state index in [1.54, 1.807) is 0 Å². The van der Waals surface area contributed by atoms with Gasteiger partial charge >= 0.3 is 0 Å². The number of hydrogen-bond acceptors (Lipinski definition) is 3. The monoisotopic (exact) mass is 249 g/mol. The maximum absolute atomic E-state index is 5.86. The number of allylic oxidation sites excluding steroid dienone is 1. The molecule has 0 bridgehead atoms. The lowest BCUT2D eigenvalue weighted by atomic mass is 10.2. The van der Waals surface area contributed by atoms with Crippen LogP contribution < -0.4 is 14.8 Å². The van der Waals surface area contributed by atoms with Crippen molar-refractivity contribution in [3.8, 4) is 11.5 Å². The summed E-state index contributed by atoms with van der Waals surface area (Å²) in [6.07, 6.45) is 3.85. The molecule has 0 fully saturated rings. The summed E-state index contributed by atoms with van der Waals surface area (Å²) in [5.41, 5.74) is 1.13. The highest BCUT2D eigenvalue weighted by Crippen LogP contribution is 2.31. The Labute approximate surface area is 110 Å². The average molecular weight is 249 g/mol. The molecule has 1 aromatic rings. The second kappa shape index (κ2) is 8.59. The third-order valence-corrected chi connectivity index (χ3v) is 2.53. The zero-order valence-corrected chi connectivity index (χ0v) is 11.4. The van der Waals surface area contributed by atoms with Gasteiger partial charge in [-0.05, 0) is 32.9 Å². The van der Waals surface area contributed by atoms with Gasteiger partial charge in [0.25, 0.3) is 0 Å². The van der Waals surface area contributed by atoms with Crippen LogP contribution >= 0.6 is 0 Å². The molecular formula is C15H23NO2. The van der Waals surface area contributed by atoms with Crippen LogP contribution in [0.2, 0.25) is 0 Å². The lowest BCUT2D eigenvalue weighted by Gasteiger charge is -2.15. The van der Waals surface area contributed by atoms with Crippen LogP contribution in [0.4, 0.5) is 0 Å². The van der Waals surface area contributed by atoms with Gasteiger partial charge in [-0.15, -0.1) is 6.58 Å². The molecule has 0 amide bonds. The minimum atomic E-state index is 0.645. The Bertz CT molecular complexity index is 339. The summed E-state index contributed by atoms with van der Waals surface area (Å²) in [5, 5.41) is 3.14. The fourth-order valence-electron chi connectivity index (χ4n) is 1.73. The Balaban J connectivity index is 2.77. The molecule has 100 valence electrons. The summed E-state index contributed by atoms with van der Waals surface area (Å²) in [6, 6.07) is 6.00. The molecule has 0 radical (unpaired) electrons. The fourth-order valence-corrected chi connectivity index (χ4v) is 1.73. The summed E-state index contributed by atoms with van der Waals surface area (Å²) in [5.74, 6) is 1.68. The van der Waals surface area contributed by atoms with Crippen LogP contribution in [0.25, 0.3) is 0 Å². The number of para-hydroxylation sites is 1. The fraction of sp³-hybridized carbons (Fsp3) is 0.467. The Morgan fingerprint density at radius 3 is 2.83 bits per heavy atom. The van der Waals surface area contributed by atoms with E-state index in [2.05, 4.69) is 18.0 Å². The van der Waals surface area contributed by atoms with Gasteiger partial charge in [-0.2, -0.15) is 0 Å². The maximum Gasteiger partial charge on any atom is 0.165 e. The summed E-state index contributed by atoms with van der Waals surface area (Å²) >= 11 is 0. The van der Waals surface area contributed by atoms with E-state index in [9.17, 15) is 0 Å². The van der Waals surface area contributed by atoms with E-state index in [0.717, 1.165) is 36.4 Å². The molecule has 0 saturated heterocycles. The molecule has 0 atom stereocenters. The molecule has 0 aromatic heterocycles. The van der Waals surface area contributed by atoms with Gasteiger partial charge in [0.2, 0.25) is 0 Å². The topological polar surface area (TPSA) is 30.5 Å². The highest BCUT2D eigenvalue weighted by molar-refractivity contribution is 5.46. The zero-order chi connectivity index (χ0) is 13.2. The van der Waals surface area contributed by atoms with Gasteiger partial charge in [0.15, 0.2) is 11.5 Å². The van der Waals surface area contributed by atoms with Crippen molar-refractivity contribution in [3.05, 3.63) is 36.4 Å². The Hall–Kier alpha value is -1.48.